The second-order valence-corrected chi connectivity index (χ2v) is 11.1. The van der Waals surface area contributed by atoms with E-state index < -0.39 is 0 Å². The maximum absolute atomic E-state index is 13.5. The van der Waals surface area contributed by atoms with Crippen LogP contribution in [0.1, 0.15) is 21.5 Å². The average molecular weight is 582 g/mol. The lowest BCUT2D eigenvalue weighted by Gasteiger charge is -2.36. The van der Waals surface area contributed by atoms with Crippen LogP contribution in [0.3, 0.4) is 0 Å². The Morgan fingerprint density at radius 2 is 1.27 bits per heavy atom. The van der Waals surface area contributed by atoms with Crippen molar-refractivity contribution >= 4 is 17.6 Å². The first-order chi connectivity index (χ1) is 21.5. The van der Waals surface area contributed by atoms with Crippen LogP contribution in [0.5, 0.6) is 0 Å². The van der Waals surface area contributed by atoms with E-state index in [-0.39, 0.29) is 18.4 Å². The molecule has 1 fully saturated rings. The van der Waals surface area contributed by atoms with Gasteiger partial charge in [-0.3, -0.25) is 9.59 Å². The second kappa shape index (κ2) is 13.3. The number of benzene rings is 4. The topological polar surface area (TPSA) is 69.6 Å². The van der Waals surface area contributed by atoms with Gasteiger partial charge < -0.3 is 14.7 Å². The molecule has 0 saturated carbocycles. The van der Waals surface area contributed by atoms with E-state index in [1.807, 2.05) is 96.8 Å². The highest BCUT2D eigenvalue weighted by Gasteiger charge is 2.26. The number of rotatable bonds is 8. The number of anilines is 1. The predicted molar refractivity (Wildman–Crippen MR) is 174 cm³/mol. The number of carbonyl (C=O) groups excluding carboxylic acids is 2. The van der Waals surface area contributed by atoms with Gasteiger partial charge in [0.05, 0.1) is 5.69 Å². The second-order valence-electron chi connectivity index (χ2n) is 11.1. The van der Waals surface area contributed by atoms with Gasteiger partial charge in [0, 0.05) is 43.9 Å². The molecule has 0 aliphatic carbocycles. The molecule has 0 N–H and O–H groups in total. The molecule has 5 aromatic rings. The maximum Gasteiger partial charge on any atom is 0.254 e. The Hall–Kier alpha value is -5.30. The van der Waals surface area contributed by atoms with E-state index in [4.69, 9.17) is 0 Å². The van der Waals surface area contributed by atoms with E-state index in [0.717, 1.165) is 33.8 Å². The summed E-state index contributed by atoms with van der Waals surface area (Å²) in [4.78, 5) is 32.5. The number of hydrogen-bond acceptors (Lipinski definition) is 5. The molecule has 7 nitrogen and oxygen atoms in total. The van der Waals surface area contributed by atoms with Crippen molar-refractivity contribution in [3.63, 3.8) is 0 Å². The Bertz CT molecular complexity index is 1680. The van der Waals surface area contributed by atoms with E-state index in [1.165, 1.54) is 5.56 Å². The van der Waals surface area contributed by atoms with Crippen LogP contribution >= 0.6 is 0 Å². The van der Waals surface area contributed by atoms with Crippen molar-refractivity contribution in [2.75, 3.05) is 37.6 Å². The fourth-order valence-electron chi connectivity index (χ4n) is 5.44. The monoisotopic (exact) mass is 581 g/mol. The predicted octanol–water partition coefficient (Wildman–Crippen LogP) is 6.11. The minimum absolute atomic E-state index is 0.0270. The van der Waals surface area contributed by atoms with Crippen LogP contribution in [-0.2, 0) is 11.3 Å². The van der Waals surface area contributed by atoms with Gasteiger partial charge in [0.25, 0.3) is 5.91 Å². The number of piperazine rings is 1. The molecule has 6 rings (SSSR count). The van der Waals surface area contributed by atoms with Gasteiger partial charge in [0.1, 0.15) is 6.54 Å². The first-order valence-electron chi connectivity index (χ1n) is 15.0. The van der Waals surface area contributed by atoms with E-state index >= 15 is 0 Å². The molecule has 2 amide bonds. The third kappa shape index (κ3) is 6.84. The van der Waals surface area contributed by atoms with Crippen LogP contribution in [0, 0.1) is 6.92 Å². The highest BCUT2D eigenvalue weighted by molar-refractivity contribution is 5.96. The molecular weight excluding hydrogens is 546 g/mol. The van der Waals surface area contributed by atoms with Crippen molar-refractivity contribution in [3.8, 4) is 22.4 Å². The number of amides is 2. The van der Waals surface area contributed by atoms with Gasteiger partial charge >= 0.3 is 0 Å². The van der Waals surface area contributed by atoms with Crippen molar-refractivity contribution in [2.45, 2.75) is 13.5 Å². The van der Waals surface area contributed by atoms with Gasteiger partial charge in [-0.05, 0) is 47.9 Å². The Morgan fingerprint density at radius 3 is 1.91 bits per heavy atom. The Kier molecular flexibility index (Phi) is 8.73. The van der Waals surface area contributed by atoms with Crippen molar-refractivity contribution in [1.82, 2.24) is 20.0 Å². The van der Waals surface area contributed by atoms with Crippen LogP contribution in [0.15, 0.2) is 121 Å². The van der Waals surface area contributed by atoms with Crippen LogP contribution in [0.4, 0.5) is 5.82 Å². The summed E-state index contributed by atoms with van der Waals surface area (Å²) in [5.41, 5.74) is 6.83. The van der Waals surface area contributed by atoms with Crippen LogP contribution in [-0.4, -0.2) is 64.5 Å². The molecular formula is C37H35N5O2. The lowest BCUT2D eigenvalue weighted by molar-refractivity contribution is -0.132. The zero-order valence-corrected chi connectivity index (χ0v) is 24.8. The summed E-state index contributed by atoms with van der Waals surface area (Å²) in [6, 6.07) is 39.9. The Labute approximate surface area is 258 Å². The van der Waals surface area contributed by atoms with E-state index in [9.17, 15) is 9.59 Å². The fourth-order valence-corrected chi connectivity index (χ4v) is 5.44. The molecule has 0 radical (unpaired) electrons. The minimum atomic E-state index is -0.147. The number of nitrogens with zero attached hydrogens (tertiary/aromatic N) is 5. The third-order valence-corrected chi connectivity index (χ3v) is 8.02. The smallest absolute Gasteiger partial charge is 0.254 e. The zero-order chi connectivity index (χ0) is 30.3. The molecule has 1 aliphatic heterocycles. The zero-order valence-electron chi connectivity index (χ0n) is 24.8. The quantitative estimate of drug-likeness (QED) is 0.221. The minimum Gasteiger partial charge on any atom is -0.352 e. The van der Waals surface area contributed by atoms with Crippen molar-refractivity contribution in [1.29, 1.82) is 0 Å². The number of aryl methyl sites for hydroxylation is 1. The molecule has 44 heavy (non-hydrogen) atoms. The first kappa shape index (κ1) is 28.8. The normalized spacial score (nSPS) is 13.0. The average Bonchev–Trinajstić information content (AvgIpc) is 3.09. The summed E-state index contributed by atoms with van der Waals surface area (Å²) in [5, 5.41) is 9.00. The van der Waals surface area contributed by atoms with Crippen LogP contribution < -0.4 is 4.90 Å². The van der Waals surface area contributed by atoms with E-state index in [2.05, 4.69) is 51.5 Å². The lowest BCUT2D eigenvalue weighted by atomic mass is 10.0. The van der Waals surface area contributed by atoms with Gasteiger partial charge in [-0.2, -0.15) is 0 Å². The van der Waals surface area contributed by atoms with Gasteiger partial charge in [0.2, 0.25) is 5.91 Å². The third-order valence-electron chi connectivity index (χ3n) is 8.02. The summed E-state index contributed by atoms with van der Waals surface area (Å²) in [7, 11) is 0. The van der Waals surface area contributed by atoms with Gasteiger partial charge in [0.15, 0.2) is 5.82 Å². The molecule has 0 bridgehead atoms. The van der Waals surface area contributed by atoms with Gasteiger partial charge in [-0.25, -0.2) is 0 Å². The molecule has 0 unspecified atom stereocenters. The maximum atomic E-state index is 13.5. The molecule has 1 aliphatic rings. The molecule has 4 aromatic carbocycles. The molecule has 220 valence electrons. The lowest BCUT2D eigenvalue weighted by Crippen LogP contribution is -2.52. The molecule has 7 heteroatoms. The van der Waals surface area contributed by atoms with Crippen molar-refractivity contribution in [3.05, 3.63) is 138 Å². The van der Waals surface area contributed by atoms with Crippen molar-refractivity contribution in [2.24, 2.45) is 0 Å². The summed E-state index contributed by atoms with van der Waals surface area (Å²) >= 11 is 0. The summed E-state index contributed by atoms with van der Waals surface area (Å²) < 4.78 is 0. The SMILES string of the molecule is Cc1ccc(C(=O)N(CC(=O)N2CCN(c3ccc(-c4ccc(-c5ccccc5)cc4)nn3)CC2)Cc2ccccc2)cc1. The number of aromatic nitrogens is 2. The molecule has 1 aromatic heterocycles. The highest BCUT2D eigenvalue weighted by Crippen LogP contribution is 2.24. The number of hydrogen-bond donors (Lipinski definition) is 0. The van der Waals surface area contributed by atoms with E-state index in [0.29, 0.717) is 38.3 Å². The molecule has 0 spiro atoms. The van der Waals surface area contributed by atoms with Gasteiger partial charge in [-0.1, -0.05) is 103 Å². The summed E-state index contributed by atoms with van der Waals surface area (Å²) in [6.45, 7) is 4.80. The fraction of sp³-hybridized carbons (Fsp3) is 0.189. The molecule has 0 atom stereocenters. The summed E-state index contributed by atoms with van der Waals surface area (Å²) in [6.07, 6.45) is 0. The first-order valence-corrected chi connectivity index (χ1v) is 15.0. The molecule has 1 saturated heterocycles. The molecule has 2 heterocycles. The largest absolute Gasteiger partial charge is 0.352 e. The highest BCUT2D eigenvalue weighted by atomic mass is 16.2. The number of carbonyl (C=O) groups is 2. The Balaban J connectivity index is 1.07. The van der Waals surface area contributed by atoms with Crippen LogP contribution in [0.25, 0.3) is 22.4 Å². The standard InChI is InChI=1S/C37H35N5O2/c1-28-12-14-33(15-13-28)37(44)42(26-29-8-4-2-5-9-29)27-36(43)41-24-22-40(23-25-41)35-21-20-34(38-39-35)32-18-16-31(17-19-32)30-10-6-3-7-11-30/h2-21H,22-27H2,1H3. The van der Waals surface area contributed by atoms with Crippen molar-refractivity contribution < 1.29 is 9.59 Å². The van der Waals surface area contributed by atoms with E-state index in [1.54, 1.807) is 4.90 Å². The summed E-state index contributed by atoms with van der Waals surface area (Å²) in [5.74, 6) is 0.592. The van der Waals surface area contributed by atoms with Gasteiger partial charge in [-0.15, -0.1) is 10.2 Å². The Morgan fingerprint density at radius 1 is 0.659 bits per heavy atom. The van der Waals surface area contributed by atoms with Crippen LogP contribution in [0.2, 0.25) is 0 Å².